The van der Waals surface area contributed by atoms with Gasteiger partial charge in [0.15, 0.2) is 16.6 Å². The van der Waals surface area contributed by atoms with E-state index in [2.05, 4.69) is 45.8 Å². The van der Waals surface area contributed by atoms with E-state index in [9.17, 15) is 0 Å². The summed E-state index contributed by atoms with van der Waals surface area (Å²) in [6.07, 6.45) is 1.05. The van der Waals surface area contributed by atoms with Crippen LogP contribution in [0.15, 0.2) is 0 Å². The summed E-state index contributed by atoms with van der Waals surface area (Å²) in [4.78, 5) is 0. The Bertz CT molecular complexity index is 250. The zero-order chi connectivity index (χ0) is 15.2. The van der Waals surface area contributed by atoms with E-state index in [0.29, 0.717) is 6.61 Å². The molecule has 0 aliphatic rings. The molecule has 0 spiro atoms. The minimum Gasteiger partial charge on any atom is -0.456 e. The molecule has 3 nitrogen and oxygen atoms in total. The van der Waals surface area contributed by atoms with Crippen molar-refractivity contribution in [3.8, 4) is 0 Å². The molecule has 0 rings (SSSR count). The van der Waals surface area contributed by atoms with E-state index in [1.165, 1.54) is 5.67 Å². The Labute approximate surface area is 123 Å². The van der Waals surface area contributed by atoms with Crippen molar-refractivity contribution in [3.05, 3.63) is 0 Å². The molecule has 0 aromatic carbocycles. The number of hydrogen-bond donors (Lipinski definition) is 1. The van der Waals surface area contributed by atoms with Gasteiger partial charge in [-0.3, -0.25) is 0 Å². The third-order valence-corrected chi connectivity index (χ3v) is 16.4. The van der Waals surface area contributed by atoms with Crippen LogP contribution in [0.1, 0.15) is 6.42 Å². The molecule has 0 radical (unpaired) electrons. The van der Waals surface area contributed by atoms with Gasteiger partial charge in [-0.15, -0.1) is 0 Å². The Balaban J connectivity index is 4.12. The first kappa shape index (κ1) is 19.5. The second kappa shape index (κ2) is 8.09. The smallest absolute Gasteiger partial charge is 0.173 e. The first-order chi connectivity index (χ1) is 8.47. The second-order valence-corrected chi connectivity index (χ2v) is 22.7. The van der Waals surface area contributed by atoms with Crippen LogP contribution in [0.2, 0.25) is 57.5 Å². The van der Waals surface area contributed by atoms with Crippen LogP contribution in [-0.2, 0) is 8.85 Å². The van der Waals surface area contributed by atoms with Gasteiger partial charge in [0, 0.05) is 14.7 Å². The number of aliphatic hydroxyl groups is 1. The molecule has 19 heavy (non-hydrogen) atoms. The molecule has 0 bridgehead atoms. The SMILES string of the molecule is C[Si](C)(C)C[Si](C)(C)O[Si](C)(C)CCCOCCO. The van der Waals surface area contributed by atoms with Gasteiger partial charge in [-0.05, 0) is 44.3 Å². The number of rotatable bonds is 10. The standard InChI is InChI=1S/C13H34O3Si3/c1-17(2,3)13-19(6,7)16-18(4,5)12-8-10-15-11-9-14/h14H,8-13H2,1-7H3. The predicted molar refractivity (Wildman–Crippen MR) is 91.5 cm³/mol. The average molecular weight is 323 g/mol. The van der Waals surface area contributed by atoms with Crippen LogP contribution in [0.25, 0.3) is 0 Å². The van der Waals surface area contributed by atoms with E-state index in [1.807, 2.05) is 0 Å². The minimum atomic E-state index is -1.56. The van der Waals surface area contributed by atoms with Crippen molar-refractivity contribution in [2.75, 3.05) is 19.8 Å². The molecular weight excluding hydrogens is 288 g/mol. The summed E-state index contributed by atoms with van der Waals surface area (Å²) < 4.78 is 11.9. The topological polar surface area (TPSA) is 38.7 Å². The Morgan fingerprint density at radius 1 is 0.842 bits per heavy atom. The van der Waals surface area contributed by atoms with E-state index < -0.39 is 24.7 Å². The molecule has 6 heteroatoms. The zero-order valence-electron chi connectivity index (χ0n) is 14.0. The summed E-state index contributed by atoms with van der Waals surface area (Å²) in [5.74, 6) is 0. The van der Waals surface area contributed by atoms with E-state index in [4.69, 9.17) is 14.0 Å². The van der Waals surface area contributed by atoms with Gasteiger partial charge in [-0.1, -0.05) is 19.6 Å². The van der Waals surface area contributed by atoms with Crippen molar-refractivity contribution < 1.29 is 14.0 Å². The average Bonchev–Trinajstić information content (AvgIpc) is 2.10. The molecular formula is C13H34O3Si3. The Hall–Kier alpha value is 0.531. The Morgan fingerprint density at radius 3 is 1.89 bits per heavy atom. The fraction of sp³-hybridized carbons (Fsp3) is 1.00. The lowest BCUT2D eigenvalue weighted by Gasteiger charge is -2.37. The van der Waals surface area contributed by atoms with Gasteiger partial charge in [0.2, 0.25) is 0 Å². The quantitative estimate of drug-likeness (QED) is 0.492. The maximum absolute atomic E-state index is 8.65. The lowest BCUT2D eigenvalue weighted by Crippen LogP contribution is -2.48. The highest BCUT2D eigenvalue weighted by Gasteiger charge is 2.36. The molecule has 0 aromatic heterocycles. The maximum atomic E-state index is 8.65. The van der Waals surface area contributed by atoms with Crippen LogP contribution < -0.4 is 0 Å². The molecule has 0 heterocycles. The molecule has 0 aliphatic heterocycles. The molecule has 1 N–H and O–H groups in total. The summed E-state index contributed by atoms with van der Waals surface area (Å²) in [6.45, 7) is 18.0. The van der Waals surface area contributed by atoms with Crippen LogP contribution in [0.4, 0.5) is 0 Å². The normalized spacial score (nSPS) is 13.9. The third-order valence-electron chi connectivity index (χ3n) is 2.81. The molecule has 0 fully saturated rings. The van der Waals surface area contributed by atoms with E-state index >= 15 is 0 Å². The summed E-state index contributed by atoms with van der Waals surface area (Å²) in [5, 5.41) is 8.65. The monoisotopic (exact) mass is 322 g/mol. The van der Waals surface area contributed by atoms with Gasteiger partial charge < -0.3 is 14.0 Å². The molecule has 0 unspecified atom stereocenters. The number of ether oxygens (including phenoxy) is 1. The highest BCUT2D eigenvalue weighted by atomic mass is 28.4. The first-order valence-electron chi connectivity index (χ1n) is 7.36. The van der Waals surface area contributed by atoms with Crippen LogP contribution in [0.3, 0.4) is 0 Å². The molecule has 0 amide bonds. The molecule has 0 atom stereocenters. The Morgan fingerprint density at radius 2 is 1.42 bits per heavy atom. The van der Waals surface area contributed by atoms with Crippen molar-refractivity contribution in [3.63, 3.8) is 0 Å². The van der Waals surface area contributed by atoms with Gasteiger partial charge in [0.1, 0.15) is 0 Å². The lowest BCUT2D eigenvalue weighted by atomic mass is 10.5. The highest BCUT2D eigenvalue weighted by molar-refractivity contribution is 6.95. The van der Waals surface area contributed by atoms with Crippen molar-refractivity contribution in [1.82, 2.24) is 0 Å². The maximum Gasteiger partial charge on any atom is 0.173 e. The van der Waals surface area contributed by atoms with Crippen molar-refractivity contribution >= 4 is 24.7 Å². The third kappa shape index (κ3) is 12.0. The van der Waals surface area contributed by atoms with E-state index in [-0.39, 0.29) is 6.61 Å². The van der Waals surface area contributed by atoms with Crippen molar-refractivity contribution in [2.24, 2.45) is 0 Å². The van der Waals surface area contributed by atoms with Crippen LogP contribution in [0, 0.1) is 0 Å². The van der Waals surface area contributed by atoms with Crippen LogP contribution in [0.5, 0.6) is 0 Å². The van der Waals surface area contributed by atoms with Crippen molar-refractivity contribution in [2.45, 2.75) is 64.0 Å². The van der Waals surface area contributed by atoms with Gasteiger partial charge in [0.25, 0.3) is 0 Å². The van der Waals surface area contributed by atoms with Gasteiger partial charge in [-0.25, -0.2) is 0 Å². The molecule has 0 aliphatic carbocycles. The number of hydrogen-bond acceptors (Lipinski definition) is 3. The summed E-state index contributed by atoms with van der Waals surface area (Å²) in [7, 11) is -4.10. The summed E-state index contributed by atoms with van der Waals surface area (Å²) in [6, 6.07) is 1.15. The molecule has 0 saturated carbocycles. The minimum absolute atomic E-state index is 0.119. The lowest BCUT2D eigenvalue weighted by molar-refractivity contribution is 0.0924. The van der Waals surface area contributed by atoms with E-state index in [1.54, 1.807) is 0 Å². The molecule has 0 aromatic rings. The zero-order valence-corrected chi connectivity index (χ0v) is 17.0. The number of aliphatic hydroxyl groups excluding tert-OH is 1. The van der Waals surface area contributed by atoms with Crippen molar-refractivity contribution in [1.29, 1.82) is 0 Å². The fourth-order valence-corrected chi connectivity index (χ4v) is 21.4. The van der Waals surface area contributed by atoms with Gasteiger partial charge in [-0.2, -0.15) is 0 Å². The Kier molecular flexibility index (Phi) is 8.32. The van der Waals surface area contributed by atoms with E-state index in [0.717, 1.165) is 19.1 Å². The highest BCUT2D eigenvalue weighted by Crippen LogP contribution is 2.26. The van der Waals surface area contributed by atoms with Crippen LogP contribution >= 0.6 is 0 Å². The first-order valence-corrected chi connectivity index (χ1v) is 17.3. The van der Waals surface area contributed by atoms with Gasteiger partial charge in [0.05, 0.1) is 13.2 Å². The molecule has 116 valence electrons. The van der Waals surface area contributed by atoms with Crippen LogP contribution in [-0.4, -0.2) is 49.6 Å². The predicted octanol–water partition coefficient (Wildman–Crippen LogP) is 3.69. The molecule has 0 saturated heterocycles. The summed E-state index contributed by atoms with van der Waals surface area (Å²) >= 11 is 0. The largest absolute Gasteiger partial charge is 0.456 e. The fourth-order valence-electron chi connectivity index (χ4n) is 2.88. The second-order valence-electron chi connectivity index (χ2n) is 7.80. The van der Waals surface area contributed by atoms with Gasteiger partial charge >= 0.3 is 0 Å². The summed E-state index contributed by atoms with van der Waals surface area (Å²) in [5.41, 5.74) is 1.34.